The lowest BCUT2D eigenvalue weighted by Gasteiger charge is -2.10. The maximum atomic E-state index is 6.16. The number of halogens is 1. The molecular formula is C10H11ClN2S. The molecule has 0 bridgehead atoms. The van der Waals surface area contributed by atoms with Crippen LogP contribution in [0.3, 0.4) is 0 Å². The fraction of sp³-hybridized carbons (Fsp3) is 0.300. The zero-order valence-corrected chi connectivity index (χ0v) is 9.40. The second kappa shape index (κ2) is 3.85. The average Bonchev–Trinajstić information content (AvgIpc) is 2.62. The SMILES string of the molecule is CC(CN)c1cc2ncsc2cc1Cl. The summed E-state index contributed by atoms with van der Waals surface area (Å²) in [6.07, 6.45) is 0. The highest BCUT2D eigenvalue weighted by Gasteiger charge is 2.10. The summed E-state index contributed by atoms with van der Waals surface area (Å²) in [5, 5.41) is 0.791. The quantitative estimate of drug-likeness (QED) is 0.855. The van der Waals surface area contributed by atoms with Gasteiger partial charge in [-0.15, -0.1) is 11.3 Å². The summed E-state index contributed by atoms with van der Waals surface area (Å²) in [7, 11) is 0. The molecule has 1 atom stereocenters. The number of hydrogen-bond acceptors (Lipinski definition) is 3. The number of thiazole rings is 1. The van der Waals surface area contributed by atoms with Crippen LogP contribution in [0.1, 0.15) is 18.4 Å². The first-order chi connectivity index (χ1) is 6.72. The molecule has 0 aliphatic heterocycles. The van der Waals surface area contributed by atoms with Gasteiger partial charge in [-0.25, -0.2) is 4.98 Å². The standard InChI is InChI=1S/C10H11ClN2S/c1-6(4-12)7-2-9-10(3-8(7)11)14-5-13-9/h2-3,5-6H,4,12H2,1H3. The molecule has 0 spiro atoms. The molecular weight excluding hydrogens is 216 g/mol. The highest BCUT2D eigenvalue weighted by Crippen LogP contribution is 2.30. The Kier molecular flexibility index (Phi) is 2.72. The Morgan fingerprint density at radius 2 is 2.36 bits per heavy atom. The first-order valence-electron chi connectivity index (χ1n) is 4.45. The fourth-order valence-corrected chi connectivity index (χ4v) is 2.51. The predicted octanol–water partition coefficient (Wildman–Crippen LogP) is 3.01. The Bertz CT molecular complexity index is 452. The van der Waals surface area contributed by atoms with Crippen molar-refractivity contribution in [1.29, 1.82) is 0 Å². The van der Waals surface area contributed by atoms with E-state index in [2.05, 4.69) is 11.9 Å². The van der Waals surface area contributed by atoms with E-state index < -0.39 is 0 Å². The number of aromatic nitrogens is 1. The fourth-order valence-electron chi connectivity index (χ4n) is 1.40. The van der Waals surface area contributed by atoms with Crippen LogP contribution in [0.5, 0.6) is 0 Å². The largest absolute Gasteiger partial charge is 0.330 e. The van der Waals surface area contributed by atoms with Crippen molar-refractivity contribution in [2.45, 2.75) is 12.8 Å². The van der Waals surface area contributed by atoms with Crippen molar-refractivity contribution in [3.05, 3.63) is 28.2 Å². The molecule has 0 aliphatic rings. The van der Waals surface area contributed by atoms with Crippen LogP contribution >= 0.6 is 22.9 Å². The Morgan fingerprint density at radius 1 is 1.57 bits per heavy atom. The van der Waals surface area contributed by atoms with Gasteiger partial charge in [-0.05, 0) is 30.2 Å². The van der Waals surface area contributed by atoms with Gasteiger partial charge in [-0.1, -0.05) is 18.5 Å². The van der Waals surface area contributed by atoms with Gasteiger partial charge in [0.15, 0.2) is 0 Å². The third-order valence-corrected chi connectivity index (χ3v) is 3.45. The van der Waals surface area contributed by atoms with Crippen molar-refractivity contribution in [2.24, 2.45) is 5.73 Å². The zero-order chi connectivity index (χ0) is 10.1. The van der Waals surface area contributed by atoms with Crippen molar-refractivity contribution in [2.75, 3.05) is 6.54 Å². The summed E-state index contributed by atoms with van der Waals surface area (Å²) in [6.45, 7) is 2.68. The predicted molar refractivity (Wildman–Crippen MR) is 62.1 cm³/mol. The molecule has 2 N–H and O–H groups in total. The first-order valence-corrected chi connectivity index (χ1v) is 5.71. The third kappa shape index (κ3) is 1.63. The highest BCUT2D eigenvalue weighted by molar-refractivity contribution is 7.16. The van der Waals surface area contributed by atoms with E-state index in [1.54, 1.807) is 11.3 Å². The Labute approximate surface area is 91.7 Å². The van der Waals surface area contributed by atoms with Crippen LogP contribution in [0.2, 0.25) is 5.02 Å². The minimum Gasteiger partial charge on any atom is -0.330 e. The lowest BCUT2D eigenvalue weighted by Crippen LogP contribution is -2.09. The van der Waals surface area contributed by atoms with Crippen LogP contribution < -0.4 is 5.73 Å². The van der Waals surface area contributed by atoms with Gasteiger partial charge in [-0.2, -0.15) is 0 Å². The lowest BCUT2D eigenvalue weighted by molar-refractivity contribution is 0.775. The molecule has 74 valence electrons. The van der Waals surface area contributed by atoms with E-state index in [4.69, 9.17) is 17.3 Å². The van der Waals surface area contributed by atoms with Crippen molar-refractivity contribution in [3.63, 3.8) is 0 Å². The molecule has 0 amide bonds. The molecule has 1 aromatic heterocycles. The summed E-state index contributed by atoms with van der Waals surface area (Å²) in [5.41, 5.74) is 9.55. The monoisotopic (exact) mass is 226 g/mol. The van der Waals surface area contributed by atoms with Gasteiger partial charge >= 0.3 is 0 Å². The summed E-state index contributed by atoms with van der Waals surface area (Å²) in [6, 6.07) is 4.00. The van der Waals surface area contributed by atoms with Crippen LogP contribution in [0.4, 0.5) is 0 Å². The Balaban J connectivity index is 2.58. The lowest BCUT2D eigenvalue weighted by atomic mass is 10.0. The van der Waals surface area contributed by atoms with Crippen molar-refractivity contribution in [1.82, 2.24) is 4.98 Å². The minimum atomic E-state index is 0.286. The van der Waals surface area contributed by atoms with Crippen molar-refractivity contribution >= 4 is 33.2 Å². The van der Waals surface area contributed by atoms with Crippen molar-refractivity contribution < 1.29 is 0 Å². The van der Waals surface area contributed by atoms with Crippen LogP contribution in [0, 0.1) is 0 Å². The first kappa shape index (κ1) is 9.90. The van der Waals surface area contributed by atoms with Gasteiger partial charge in [0.1, 0.15) is 0 Å². The van der Waals surface area contributed by atoms with Crippen LogP contribution in [-0.4, -0.2) is 11.5 Å². The second-order valence-electron chi connectivity index (χ2n) is 3.33. The molecule has 2 rings (SSSR count). The molecule has 0 fully saturated rings. The number of fused-ring (bicyclic) bond motifs is 1. The number of benzene rings is 1. The molecule has 0 saturated carbocycles. The van der Waals surface area contributed by atoms with E-state index in [0.29, 0.717) is 6.54 Å². The summed E-state index contributed by atoms with van der Waals surface area (Å²) < 4.78 is 1.13. The summed E-state index contributed by atoms with van der Waals surface area (Å²) in [5.74, 6) is 0.286. The Morgan fingerprint density at radius 3 is 3.07 bits per heavy atom. The topological polar surface area (TPSA) is 38.9 Å². The van der Waals surface area contributed by atoms with E-state index in [1.807, 2.05) is 17.6 Å². The van der Waals surface area contributed by atoms with E-state index in [0.717, 1.165) is 20.8 Å². The van der Waals surface area contributed by atoms with Gasteiger partial charge in [0, 0.05) is 5.02 Å². The van der Waals surface area contributed by atoms with Crippen LogP contribution in [0.25, 0.3) is 10.2 Å². The van der Waals surface area contributed by atoms with E-state index >= 15 is 0 Å². The van der Waals surface area contributed by atoms with E-state index in [-0.39, 0.29) is 5.92 Å². The maximum absolute atomic E-state index is 6.16. The summed E-state index contributed by atoms with van der Waals surface area (Å²) in [4.78, 5) is 4.26. The molecule has 1 aromatic carbocycles. The normalized spacial score (nSPS) is 13.4. The molecule has 0 aliphatic carbocycles. The molecule has 1 unspecified atom stereocenters. The molecule has 14 heavy (non-hydrogen) atoms. The van der Waals surface area contributed by atoms with Gasteiger partial charge in [0.25, 0.3) is 0 Å². The highest BCUT2D eigenvalue weighted by atomic mass is 35.5. The van der Waals surface area contributed by atoms with Crippen LogP contribution in [0.15, 0.2) is 17.6 Å². The molecule has 2 aromatic rings. The molecule has 0 radical (unpaired) electrons. The van der Waals surface area contributed by atoms with E-state index in [1.165, 1.54) is 0 Å². The summed E-state index contributed by atoms with van der Waals surface area (Å²) >= 11 is 7.76. The van der Waals surface area contributed by atoms with Crippen LogP contribution in [-0.2, 0) is 0 Å². The maximum Gasteiger partial charge on any atom is 0.0815 e. The van der Waals surface area contributed by atoms with Gasteiger partial charge in [0.2, 0.25) is 0 Å². The van der Waals surface area contributed by atoms with Gasteiger partial charge in [-0.3, -0.25) is 0 Å². The number of nitrogens with two attached hydrogens (primary N) is 1. The van der Waals surface area contributed by atoms with Gasteiger partial charge in [0.05, 0.1) is 15.7 Å². The average molecular weight is 227 g/mol. The second-order valence-corrected chi connectivity index (χ2v) is 4.62. The third-order valence-electron chi connectivity index (χ3n) is 2.33. The van der Waals surface area contributed by atoms with Gasteiger partial charge < -0.3 is 5.73 Å². The number of hydrogen-bond donors (Lipinski definition) is 1. The number of nitrogens with zero attached hydrogens (tertiary/aromatic N) is 1. The van der Waals surface area contributed by atoms with E-state index in [9.17, 15) is 0 Å². The zero-order valence-electron chi connectivity index (χ0n) is 7.83. The molecule has 0 saturated heterocycles. The molecule has 4 heteroatoms. The molecule has 2 nitrogen and oxygen atoms in total. The van der Waals surface area contributed by atoms with Crippen molar-refractivity contribution in [3.8, 4) is 0 Å². The smallest absolute Gasteiger partial charge is 0.0815 e. The molecule has 1 heterocycles. The number of rotatable bonds is 2. The Hall–Kier alpha value is -0.640. The minimum absolute atomic E-state index is 0.286.